The first-order valence-corrected chi connectivity index (χ1v) is 9.73. The Kier molecular flexibility index (Phi) is 5.45. The first kappa shape index (κ1) is 18.7. The fourth-order valence-electron chi connectivity index (χ4n) is 3.82. The number of likely N-dealkylation sites (tertiary alicyclic amines) is 1. The molecule has 7 nitrogen and oxygen atoms in total. The van der Waals surface area contributed by atoms with Crippen LogP contribution in [-0.2, 0) is 18.3 Å². The minimum atomic E-state index is 0.0657. The van der Waals surface area contributed by atoms with E-state index in [1.54, 1.807) is 10.9 Å². The fraction of sp³-hybridized carbons (Fsp3) is 0.429. The van der Waals surface area contributed by atoms with Crippen molar-refractivity contribution in [1.29, 1.82) is 0 Å². The summed E-state index contributed by atoms with van der Waals surface area (Å²) >= 11 is 0. The average Bonchev–Trinajstić information content (AvgIpc) is 3.14. The van der Waals surface area contributed by atoms with Gasteiger partial charge in [0.05, 0.1) is 24.7 Å². The number of piperidine rings is 1. The van der Waals surface area contributed by atoms with Crippen molar-refractivity contribution in [2.45, 2.75) is 19.3 Å². The molecule has 0 bridgehead atoms. The Bertz CT molecular complexity index is 976. The molecule has 0 aliphatic carbocycles. The Morgan fingerprint density at radius 3 is 2.75 bits per heavy atom. The van der Waals surface area contributed by atoms with E-state index >= 15 is 0 Å². The highest BCUT2D eigenvalue weighted by atomic mass is 16.3. The van der Waals surface area contributed by atoms with Crippen molar-refractivity contribution in [1.82, 2.24) is 24.6 Å². The zero-order valence-corrected chi connectivity index (χ0v) is 16.1. The predicted octanol–water partition coefficient (Wildman–Crippen LogP) is 1.85. The van der Waals surface area contributed by atoms with E-state index in [0.29, 0.717) is 12.4 Å². The maximum atomic E-state index is 12.7. The number of aliphatic hydroxyl groups is 1. The van der Waals surface area contributed by atoms with E-state index in [4.69, 9.17) is 5.11 Å². The van der Waals surface area contributed by atoms with E-state index < -0.39 is 0 Å². The van der Waals surface area contributed by atoms with Crippen LogP contribution in [0.4, 0.5) is 0 Å². The second-order valence-corrected chi connectivity index (χ2v) is 7.45. The molecular weight excluding hydrogens is 354 g/mol. The number of hydrogen-bond acceptors (Lipinski definition) is 6. The van der Waals surface area contributed by atoms with Crippen LogP contribution in [0.25, 0.3) is 22.0 Å². The monoisotopic (exact) mass is 379 g/mol. The lowest BCUT2D eigenvalue weighted by molar-refractivity contribution is -0.123. The number of Topliss-reactive ketones (excluding diaryl/α,β-unsaturated/α-hetero) is 1. The highest BCUT2D eigenvalue weighted by Gasteiger charge is 2.25. The second-order valence-electron chi connectivity index (χ2n) is 7.45. The van der Waals surface area contributed by atoms with E-state index in [2.05, 4.69) is 20.0 Å². The number of benzene rings is 1. The van der Waals surface area contributed by atoms with E-state index in [1.807, 2.05) is 37.6 Å². The summed E-state index contributed by atoms with van der Waals surface area (Å²) in [5, 5.41) is 14.2. The van der Waals surface area contributed by atoms with Crippen molar-refractivity contribution in [3.63, 3.8) is 0 Å². The molecule has 1 aromatic carbocycles. The first-order chi connectivity index (χ1) is 13.6. The molecule has 0 amide bonds. The molecule has 3 aromatic rings. The van der Waals surface area contributed by atoms with Crippen molar-refractivity contribution in [3.8, 4) is 11.1 Å². The van der Waals surface area contributed by atoms with Gasteiger partial charge in [0.15, 0.2) is 0 Å². The van der Waals surface area contributed by atoms with Crippen LogP contribution in [0.5, 0.6) is 0 Å². The zero-order valence-electron chi connectivity index (χ0n) is 16.1. The third kappa shape index (κ3) is 4.10. The normalized spacial score (nSPS) is 15.9. The Balaban J connectivity index is 1.47. The molecule has 28 heavy (non-hydrogen) atoms. The topological polar surface area (TPSA) is 84.1 Å². The number of fused-ring (bicyclic) bond motifs is 1. The summed E-state index contributed by atoms with van der Waals surface area (Å²) in [5.41, 5.74) is 2.93. The standard InChI is InChI=1S/C21H25N5O2/c1-25-14-18(13-23-25)16-2-3-17-12-22-21(24-19(17)10-16)11-20(28)15-4-6-26(7-5-15)8-9-27/h2-3,10,12-15,27H,4-9,11H2,1H3. The van der Waals surface area contributed by atoms with Gasteiger partial charge in [-0.25, -0.2) is 9.97 Å². The quantitative estimate of drug-likeness (QED) is 0.704. The van der Waals surface area contributed by atoms with E-state index in [0.717, 1.165) is 48.0 Å². The van der Waals surface area contributed by atoms with Crippen LogP contribution < -0.4 is 0 Å². The van der Waals surface area contributed by atoms with E-state index in [9.17, 15) is 4.79 Å². The lowest BCUT2D eigenvalue weighted by atomic mass is 9.91. The molecule has 7 heteroatoms. The molecule has 1 aliphatic heterocycles. The minimum Gasteiger partial charge on any atom is -0.395 e. The van der Waals surface area contributed by atoms with Crippen molar-refractivity contribution in [3.05, 3.63) is 42.6 Å². The van der Waals surface area contributed by atoms with Gasteiger partial charge in [0.2, 0.25) is 0 Å². The van der Waals surface area contributed by atoms with Crippen LogP contribution in [0.2, 0.25) is 0 Å². The third-order valence-electron chi connectivity index (χ3n) is 5.46. The van der Waals surface area contributed by atoms with Crippen LogP contribution in [0.3, 0.4) is 0 Å². The number of hydrogen-bond donors (Lipinski definition) is 1. The summed E-state index contributed by atoms with van der Waals surface area (Å²) in [4.78, 5) is 24.0. The number of carbonyl (C=O) groups is 1. The lowest BCUT2D eigenvalue weighted by Crippen LogP contribution is -2.38. The largest absolute Gasteiger partial charge is 0.395 e. The van der Waals surface area contributed by atoms with Gasteiger partial charge in [-0.3, -0.25) is 9.48 Å². The van der Waals surface area contributed by atoms with Gasteiger partial charge in [-0.2, -0.15) is 5.10 Å². The zero-order chi connectivity index (χ0) is 19.5. The average molecular weight is 379 g/mol. The smallest absolute Gasteiger partial charge is 0.143 e. The lowest BCUT2D eigenvalue weighted by Gasteiger charge is -2.30. The summed E-state index contributed by atoms with van der Waals surface area (Å²) < 4.78 is 1.77. The maximum Gasteiger partial charge on any atom is 0.143 e. The molecule has 1 aliphatic rings. The van der Waals surface area contributed by atoms with Crippen LogP contribution in [-0.4, -0.2) is 61.8 Å². The molecule has 0 radical (unpaired) electrons. The molecule has 4 rings (SSSR count). The molecule has 2 aromatic heterocycles. The van der Waals surface area contributed by atoms with Crippen LogP contribution in [0.15, 0.2) is 36.8 Å². The number of rotatable bonds is 6. The number of ketones is 1. The van der Waals surface area contributed by atoms with Crippen LogP contribution in [0.1, 0.15) is 18.7 Å². The molecule has 146 valence electrons. The number of carbonyl (C=O) groups excluding carboxylic acids is 1. The SMILES string of the molecule is Cn1cc(-c2ccc3cnc(CC(=O)C4CCN(CCO)CC4)nc3c2)cn1. The van der Waals surface area contributed by atoms with Gasteiger partial charge in [-0.15, -0.1) is 0 Å². The number of aliphatic hydroxyl groups excluding tert-OH is 1. The van der Waals surface area contributed by atoms with Gasteiger partial charge in [0.1, 0.15) is 11.6 Å². The summed E-state index contributed by atoms with van der Waals surface area (Å²) in [5.74, 6) is 0.862. The number of nitrogens with zero attached hydrogens (tertiary/aromatic N) is 5. The van der Waals surface area contributed by atoms with Gasteiger partial charge in [-0.05, 0) is 37.6 Å². The van der Waals surface area contributed by atoms with Crippen molar-refractivity contribution < 1.29 is 9.90 Å². The van der Waals surface area contributed by atoms with Gasteiger partial charge in [0, 0.05) is 42.9 Å². The molecule has 0 spiro atoms. The first-order valence-electron chi connectivity index (χ1n) is 9.73. The molecule has 0 saturated carbocycles. The molecule has 1 N–H and O–H groups in total. The Morgan fingerprint density at radius 2 is 2.04 bits per heavy atom. The molecule has 0 unspecified atom stereocenters. The fourth-order valence-corrected chi connectivity index (χ4v) is 3.82. The van der Waals surface area contributed by atoms with Crippen LogP contribution in [0, 0.1) is 5.92 Å². The number of aryl methyl sites for hydroxylation is 1. The Hall–Kier alpha value is -2.64. The predicted molar refractivity (Wildman–Crippen MR) is 107 cm³/mol. The third-order valence-corrected chi connectivity index (χ3v) is 5.46. The van der Waals surface area contributed by atoms with Crippen LogP contribution >= 0.6 is 0 Å². The van der Waals surface area contributed by atoms with Gasteiger partial charge >= 0.3 is 0 Å². The maximum absolute atomic E-state index is 12.7. The summed E-state index contributed by atoms with van der Waals surface area (Å²) in [6, 6.07) is 6.06. The van der Waals surface area contributed by atoms with Crippen molar-refractivity contribution >= 4 is 16.7 Å². The number of β-amino-alcohol motifs (C(OH)–C–C–N with tert-alkyl or cyclic N) is 1. The van der Waals surface area contributed by atoms with Crippen molar-refractivity contribution in [2.24, 2.45) is 13.0 Å². The van der Waals surface area contributed by atoms with E-state index in [1.165, 1.54) is 0 Å². The Labute approximate surface area is 164 Å². The Morgan fingerprint density at radius 1 is 1.21 bits per heavy atom. The van der Waals surface area contributed by atoms with Gasteiger partial charge in [-0.1, -0.05) is 12.1 Å². The highest BCUT2D eigenvalue weighted by Crippen LogP contribution is 2.23. The second kappa shape index (κ2) is 8.16. The minimum absolute atomic E-state index is 0.0657. The van der Waals surface area contributed by atoms with Crippen molar-refractivity contribution in [2.75, 3.05) is 26.2 Å². The summed E-state index contributed by atoms with van der Waals surface area (Å²) in [6.45, 7) is 2.59. The molecule has 0 atom stereocenters. The molecule has 3 heterocycles. The molecule has 1 fully saturated rings. The molecule has 1 saturated heterocycles. The number of aromatic nitrogens is 4. The highest BCUT2D eigenvalue weighted by molar-refractivity contribution is 5.85. The van der Waals surface area contributed by atoms with E-state index in [-0.39, 0.29) is 24.7 Å². The summed E-state index contributed by atoms with van der Waals surface area (Å²) in [6.07, 6.45) is 7.56. The van der Waals surface area contributed by atoms with Gasteiger partial charge in [0.25, 0.3) is 0 Å². The molecular formula is C21H25N5O2. The van der Waals surface area contributed by atoms with Gasteiger partial charge < -0.3 is 10.0 Å². The summed E-state index contributed by atoms with van der Waals surface area (Å²) in [7, 11) is 1.89.